The second kappa shape index (κ2) is 5.53. The number of carbonyl (C=O) groups is 2. The Kier molecular flexibility index (Phi) is 3.82. The maximum absolute atomic E-state index is 12.3. The van der Waals surface area contributed by atoms with Gasteiger partial charge in [-0.3, -0.25) is 9.59 Å². The minimum atomic E-state index is -0.101. The minimum Gasteiger partial charge on any atom is -0.385 e. The molecule has 2 amide bonds. The van der Waals surface area contributed by atoms with Crippen LogP contribution in [0.5, 0.6) is 0 Å². The summed E-state index contributed by atoms with van der Waals surface area (Å²) in [6, 6.07) is 7.38. The van der Waals surface area contributed by atoms with Crippen LogP contribution in [0.3, 0.4) is 0 Å². The molecule has 0 spiro atoms. The van der Waals surface area contributed by atoms with Crippen LogP contribution < -0.4 is 10.6 Å². The second-order valence-electron chi connectivity index (χ2n) is 4.15. The summed E-state index contributed by atoms with van der Waals surface area (Å²) in [5, 5.41) is 5.87. The first-order valence-corrected chi connectivity index (χ1v) is 6.11. The van der Waals surface area contributed by atoms with Crippen molar-refractivity contribution in [2.24, 2.45) is 0 Å². The van der Waals surface area contributed by atoms with Crippen molar-refractivity contribution in [1.29, 1.82) is 0 Å². The highest BCUT2D eigenvalue weighted by Gasteiger charge is 2.23. The van der Waals surface area contributed by atoms with Crippen molar-refractivity contribution in [3.05, 3.63) is 29.8 Å². The van der Waals surface area contributed by atoms with Gasteiger partial charge in [-0.1, -0.05) is 12.1 Å². The molecule has 0 aromatic heterocycles. The quantitative estimate of drug-likeness (QED) is 0.826. The molecular formula is C13H17N3O2. The zero-order chi connectivity index (χ0) is 13.0. The molecule has 0 saturated carbocycles. The lowest BCUT2D eigenvalue weighted by Gasteiger charge is -2.27. The highest BCUT2D eigenvalue weighted by atomic mass is 16.2. The molecule has 1 saturated heterocycles. The van der Waals surface area contributed by atoms with Gasteiger partial charge in [0.1, 0.15) is 0 Å². The number of benzene rings is 1. The summed E-state index contributed by atoms with van der Waals surface area (Å²) in [4.78, 5) is 25.2. The Bertz CT molecular complexity index is 459. The Morgan fingerprint density at radius 1 is 1.44 bits per heavy atom. The SMILES string of the molecule is CCNc1ccccc1C(=O)N1CCNC(=O)C1. The van der Waals surface area contributed by atoms with Gasteiger partial charge >= 0.3 is 0 Å². The van der Waals surface area contributed by atoms with Crippen LogP contribution in [-0.2, 0) is 4.79 Å². The van der Waals surface area contributed by atoms with Crippen LogP contribution in [0.15, 0.2) is 24.3 Å². The largest absolute Gasteiger partial charge is 0.385 e. The van der Waals surface area contributed by atoms with E-state index in [9.17, 15) is 9.59 Å². The second-order valence-corrected chi connectivity index (χ2v) is 4.15. The molecule has 5 heteroatoms. The van der Waals surface area contributed by atoms with Gasteiger partial charge in [0, 0.05) is 25.3 Å². The van der Waals surface area contributed by atoms with E-state index < -0.39 is 0 Å². The van der Waals surface area contributed by atoms with E-state index in [-0.39, 0.29) is 18.4 Å². The Morgan fingerprint density at radius 2 is 2.22 bits per heavy atom. The smallest absolute Gasteiger partial charge is 0.256 e. The van der Waals surface area contributed by atoms with Gasteiger partial charge in [-0.2, -0.15) is 0 Å². The van der Waals surface area contributed by atoms with E-state index >= 15 is 0 Å². The third-order valence-corrected chi connectivity index (χ3v) is 2.85. The van der Waals surface area contributed by atoms with E-state index in [1.54, 1.807) is 11.0 Å². The number of piperazine rings is 1. The fourth-order valence-electron chi connectivity index (χ4n) is 2.00. The summed E-state index contributed by atoms with van der Waals surface area (Å²) in [7, 11) is 0. The molecule has 5 nitrogen and oxygen atoms in total. The maximum Gasteiger partial charge on any atom is 0.256 e. The highest BCUT2D eigenvalue weighted by molar-refractivity contribution is 6.01. The molecule has 0 unspecified atom stereocenters. The molecule has 96 valence electrons. The molecule has 18 heavy (non-hydrogen) atoms. The van der Waals surface area contributed by atoms with Crippen molar-refractivity contribution in [1.82, 2.24) is 10.2 Å². The Balaban J connectivity index is 2.19. The van der Waals surface area contributed by atoms with Gasteiger partial charge in [0.15, 0.2) is 0 Å². The lowest BCUT2D eigenvalue weighted by molar-refractivity contribution is -0.123. The monoisotopic (exact) mass is 247 g/mol. The number of anilines is 1. The van der Waals surface area contributed by atoms with Crippen molar-refractivity contribution >= 4 is 17.5 Å². The molecule has 2 rings (SSSR count). The van der Waals surface area contributed by atoms with Gasteiger partial charge < -0.3 is 15.5 Å². The van der Waals surface area contributed by atoms with Gasteiger partial charge in [-0.25, -0.2) is 0 Å². The first-order chi connectivity index (χ1) is 8.72. The predicted octanol–water partition coefficient (Wildman–Crippen LogP) is 0.690. The lowest BCUT2D eigenvalue weighted by Crippen LogP contribution is -2.50. The normalized spacial score (nSPS) is 15.2. The van der Waals surface area contributed by atoms with Gasteiger partial charge in [-0.15, -0.1) is 0 Å². The van der Waals surface area contributed by atoms with Gasteiger partial charge in [0.05, 0.1) is 12.1 Å². The summed E-state index contributed by atoms with van der Waals surface area (Å²) >= 11 is 0. The number of amides is 2. The van der Waals surface area contributed by atoms with E-state index in [2.05, 4.69) is 10.6 Å². The number of nitrogens with one attached hydrogen (secondary N) is 2. The molecule has 0 bridgehead atoms. The van der Waals surface area contributed by atoms with E-state index in [0.717, 1.165) is 12.2 Å². The summed E-state index contributed by atoms with van der Waals surface area (Å²) in [6.07, 6.45) is 0. The third kappa shape index (κ3) is 2.61. The average molecular weight is 247 g/mol. The summed E-state index contributed by atoms with van der Waals surface area (Å²) in [6.45, 7) is 3.96. The lowest BCUT2D eigenvalue weighted by atomic mass is 10.1. The van der Waals surface area contributed by atoms with E-state index in [1.807, 2.05) is 25.1 Å². The molecule has 1 heterocycles. The first kappa shape index (κ1) is 12.4. The Hall–Kier alpha value is -2.04. The van der Waals surface area contributed by atoms with E-state index in [1.165, 1.54) is 0 Å². The topological polar surface area (TPSA) is 61.4 Å². The number of carbonyl (C=O) groups excluding carboxylic acids is 2. The molecule has 0 aliphatic carbocycles. The standard InChI is InChI=1S/C13H17N3O2/c1-2-14-11-6-4-3-5-10(11)13(18)16-8-7-15-12(17)9-16/h3-6,14H,2,7-9H2,1H3,(H,15,17). The molecule has 1 aromatic rings. The van der Waals surface area contributed by atoms with Crippen LogP contribution in [0.4, 0.5) is 5.69 Å². The Labute approximate surface area is 106 Å². The fourth-order valence-corrected chi connectivity index (χ4v) is 2.00. The zero-order valence-corrected chi connectivity index (χ0v) is 10.4. The van der Waals surface area contributed by atoms with Crippen molar-refractivity contribution in [3.8, 4) is 0 Å². The summed E-state index contributed by atoms with van der Waals surface area (Å²) < 4.78 is 0. The van der Waals surface area contributed by atoms with Crippen LogP contribution in [0.1, 0.15) is 17.3 Å². The van der Waals surface area contributed by atoms with E-state index in [0.29, 0.717) is 18.7 Å². The van der Waals surface area contributed by atoms with Crippen molar-refractivity contribution in [3.63, 3.8) is 0 Å². The van der Waals surface area contributed by atoms with Crippen molar-refractivity contribution < 1.29 is 9.59 Å². The van der Waals surface area contributed by atoms with Crippen molar-refractivity contribution in [2.45, 2.75) is 6.92 Å². The van der Waals surface area contributed by atoms with Crippen LogP contribution in [0.25, 0.3) is 0 Å². The average Bonchev–Trinajstić information content (AvgIpc) is 2.39. The van der Waals surface area contributed by atoms with Gasteiger partial charge in [0.2, 0.25) is 5.91 Å². The molecule has 1 aliphatic rings. The van der Waals surface area contributed by atoms with Crippen molar-refractivity contribution in [2.75, 3.05) is 31.5 Å². The molecule has 1 aliphatic heterocycles. The van der Waals surface area contributed by atoms with Crippen LogP contribution in [-0.4, -0.2) is 42.9 Å². The van der Waals surface area contributed by atoms with Gasteiger partial charge in [-0.05, 0) is 19.1 Å². The van der Waals surface area contributed by atoms with Gasteiger partial charge in [0.25, 0.3) is 5.91 Å². The molecule has 1 aromatic carbocycles. The van der Waals surface area contributed by atoms with Crippen LogP contribution >= 0.6 is 0 Å². The molecule has 1 fully saturated rings. The number of rotatable bonds is 3. The third-order valence-electron chi connectivity index (χ3n) is 2.85. The maximum atomic E-state index is 12.3. The zero-order valence-electron chi connectivity index (χ0n) is 10.4. The fraction of sp³-hybridized carbons (Fsp3) is 0.385. The Morgan fingerprint density at radius 3 is 2.94 bits per heavy atom. The summed E-state index contributed by atoms with van der Waals surface area (Å²) in [5.41, 5.74) is 1.44. The number of para-hydroxylation sites is 1. The predicted molar refractivity (Wildman–Crippen MR) is 69.5 cm³/mol. The molecule has 2 N–H and O–H groups in total. The van der Waals surface area contributed by atoms with Crippen LogP contribution in [0.2, 0.25) is 0 Å². The molecule has 0 atom stereocenters. The van der Waals surface area contributed by atoms with Crippen LogP contribution in [0, 0.1) is 0 Å². The number of nitrogens with zero attached hydrogens (tertiary/aromatic N) is 1. The number of hydrogen-bond acceptors (Lipinski definition) is 3. The molecular weight excluding hydrogens is 230 g/mol. The highest BCUT2D eigenvalue weighted by Crippen LogP contribution is 2.17. The first-order valence-electron chi connectivity index (χ1n) is 6.11. The summed E-state index contributed by atoms with van der Waals surface area (Å²) in [5.74, 6) is -0.197. The molecule has 0 radical (unpaired) electrons. The minimum absolute atomic E-state index is 0.0959. The van der Waals surface area contributed by atoms with E-state index in [4.69, 9.17) is 0 Å². The number of hydrogen-bond donors (Lipinski definition) is 2.